The van der Waals surface area contributed by atoms with E-state index in [-0.39, 0.29) is 5.03 Å². The van der Waals surface area contributed by atoms with Crippen LogP contribution in [0.5, 0.6) is 5.75 Å². The van der Waals surface area contributed by atoms with Gasteiger partial charge < -0.3 is 14.5 Å². The molecule has 2 heterocycles. The normalized spacial score (nSPS) is 16.0. The Labute approximate surface area is 168 Å². The highest BCUT2D eigenvalue weighted by molar-refractivity contribution is 7.92. The molecule has 0 radical (unpaired) electrons. The molecule has 1 aromatic heterocycles. The fourth-order valence-corrected chi connectivity index (χ4v) is 4.33. The summed E-state index contributed by atoms with van der Waals surface area (Å²) in [6.45, 7) is 8.74. The van der Waals surface area contributed by atoms with Crippen molar-refractivity contribution < 1.29 is 13.2 Å². The fourth-order valence-electron chi connectivity index (χ4n) is 3.26. The highest BCUT2D eigenvalue weighted by atomic mass is 32.2. The summed E-state index contributed by atoms with van der Waals surface area (Å²) in [6.07, 6.45) is 2.70. The average Bonchev–Trinajstić information content (AvgIpc) is 2.93. The van der Waals surface area contributed by atoms with E-state index in [1.165, 1.54) is 5.69 Å². The van der Waals surface area contributed by atoms with Crippen LogP contribution in [0, 0.1) is 0 Å². The molecule has 1 fully saturated rings. The van der Waals surface area contributed by atoms with Crippen LogP contribution in [-0.4, -0.2) is 51.4 Å². The first-order chi connectivity index (χ1) is 13.2. The van der Waals surface area contributed by atoms with E-state index in [0.29, 0.717) is 0 Å². The molecular formula is C21H29N3O3S. The van der Waals surface area contributed by atoms with E-state index in [1.54, 1.807) is 40.1 Å². The molecule has 0 atom stereocenters. The van der Waals surface area contributed by atoms with E-state index in [2.05, 4.69) is 26.9 Å². The third kappa shape index (κ3) is 4.24. The van der Waals surface area contributed by atoms with Crippen molar-refractivity contribution in [1.29, 1.82) is 0 Å². The summed E-state index contributed by atoms with van der Waals surface area (Å²) in [4.78, 5) is 8.90. The number of pyridine rings is 1. The van der Waals surface area contributed by atoms with Crippen molar-refractivity contribution in [2.24, 2.45) is 0 Å². The second-order valence-corrected chi connectivity index (χ2v) is 10.6. The molecule has 1 aromatic carbocycles. The lowest BCUT2D eigenvalue weighted by Gasteiger charge is -2.25. The quantitative estimate of drug-likeness (QED) is 0.780. The van der Waals surface area contributed by atoms with Gasteiger partial charge in [0.1, 0.15) is 5.75 Å². The summed E-state index contributed by atoms with van der Waals surface area (Å²) in [7, 11) is -1.76. The van der Waals surface area contributed by atoms with Crippen LogP contribution in [0.3, 0.4) is 0 Å². The summed E-state index contributed by atoms with van der Waals surface area (Å²) >= 11 is 0. The van der Waals surface area contributed by atoms with Crippen LogP contribution in [-0.2, 0) is 9.84 Å². The van der Waals surface area contributed by atoms with E-state index in [0.717, 1.165) is 44.0 Å². The molecule has 2 aromatic rings. The van der Waals surface area contributed by atoms with Gasteiger partial charge in [-0.2, -0.15) is 0 Å². The Bertz CT molecular complexity index is 888. The van der Waals surface area contributed by atoms with Gasteiger partial charge in [0, 0.05) is 31.9 Å². The Hall–Kier alpha value is -2.28. The number of benzene rings is 1. The maximum Gasteiger partial charge on any atom is 0.200 e. The molecular weight excluding hydrogens is 374 g/mol. The van der Waals surface area contributed by atoms with E-state index < -0.39 is 14.6 Å². The highest BCUT2D eigenvalue weighted by Gasteiger charge is 2.32. The first-order valence-electron chi connectivity index (χ1n) is 9.57. The fraction of sp³-hybridized carbons (Fsp3) is 0.476. The number of anilines is 2. The number of hydrogen-bond donors (Lipinski definition) is 0. The number of methoxy groups -OCH3 is 1. The third-order valence-corrected chi connectivity index (χ3v) is 7.51. The van der Waals surface area contributed by atoms with Gasteiger partial charge >= 0.3 is 0 Å². The molecule has 0 spiro atoms. The number of ether oxygens (including phenoxy) is 1. The number of nitrogens with zero attached hydrogens (tertiary/aromatic N) is 3. The van der Waals surface area contributed by atoms with Crippen LogP contribution in [0.15, 0.2) is 47.6 Å². The Kier molecular flexibility index (Phi) is 5.84. The van der Waals surface area contributed by atoms with Crippen LogP contribution < -0.4 is 14.5 Å². The minimum Gasteiger partial charge on any atom is -0.497 e. The lowest BCUT2D eigenvalue weighted by molar-refractivity contribution is 0.415. The van der Waals surface area contributed by atoms with Gasteiger partial charge in [-0.05, 0) is 63.6 Å². The maximum absolute atomic E-state index is 12.6. The monoisotopic (exact) mass is 403 g/mol. The zero-order chi connectivity index (χ0) is 20.4. The predicted octanol–water partition coefficient (Wildman–Crippen LogP) is 3.38. The molecule has 0 unspecified atom stereocenters. The zero-order valence-electron chi connectivity index (χ0n) is 17.1. The molecule has 1 aliphatic rings. The molecule has 6 nitrogen and oxygen atoms in total. The average molecular weight is 404 g/mol. The van der Waals surface area contributed by atoms with Crippen LogP contribution in [0.1, 0.15) is 27.2 Å². The molecule has 152 valence electrons. The summed E-state index contributed by atoms with van der Waals surface area (Å²) in [5.41, 5.74) is 2.15. The number of rotatable bonds is 4. The summed E-state index contributed by atoms with van der Waals surface area (Å²) in [5.74, 6) is 0.858. The lowest BCUT2D eigenvalue weighted by Crippen LogP contribution is -2.31. The second kappa shape index (κ2) is 7.99. The van der Waals surface area contributed by atoms with Gasteiger partial charge in [-0.25, -0.2) is 13.4 Å². The van der Waals surface area contributed by atoms with Gasteiger partial charge in [0.2, 0.25) is 0 Å². The Morgan fingerprint density at radius 3 is 1.96 bits per heavy atom. The SMILES string of the molecule is COc1ccc(N2CCCN(c3ccc(S(=O)(=O)C(C)(C)C)nc3)CC2)cc1. The first-order valence-corrected chi connectivity index (χ1v) is 11.1. The van der Waals surface area contributed by atoms with E-state index >= 15 is 0 Å². The maximum atomic E-state index is 12.6. The molecule has 1 aliphatic heterocycles. The molecule has 0 N–H and O–H groups in total. The summed E-state index contributed by atoms with van der Waals surface area (Å²) in [5, 5.41) is 0.137. The van der Waals surface area contributed by atoms with Crippen LogP contribution in [0.2, 0.25) is 0 Å². The first kappa shape index (κ1) is 20.5. The number of hydrogen-bond acceptors (Lipinski definition) is 6. The van der Waals surface area contributed by atoms with Gasteiger partial charge in [-0.15, -0.1) is 0 Å². The van der Waals surface area contributed by atoms with Crippen molar-refractivity contribution in [3.8, 4) is 5.75 Å². The Morgan fingerprint density at radius 2 is 1.46 bits per heavy atom. The van der Waals surface area contributed by atoms with Crippen LogP contribution >= 0.6 is 0 Å². The van der Waals surface area contributed by atoms with E-state index in [4.69, 9.17) is 4.74 Å². The molecule has 7 heteroatoms. The molecule has 0 aliphatic carbocycles. The van der Waals surface area contributed by atoms with Crippen molar-refractivity contribution in [3.63, 3.8) is 0 Å². The lowest BCUT2D eigenvalue weighted by atomic mass is 10.2. The molecule has 0 saturated carbocycles. The third-order valence-electron chi connectivity index (χ3n) is 5.10. The molecule has 1 saturated heterocycles. The highest BCUT2D eigenvalue weighted by Crippen LogP contribution is 2.26. The zero-order valence-corrected chi connectivity index (χ0v) is 17.9. The van der Waals surface area contributed by atoms with E-state index in [1.807, 2.05) is 18.2 Å². The predicted molar refractivity (Wildman–Crippen MR) is 113 cm³/mol. The van der Waals surface area contributed by atoms with Gasteiger partial charge in [0.05, 0.1) is 23.7 Å². The topological polar surface area (TPSA) is 62.7 Å². The minimum atomic E-state index is -3.43. The largest absolute Gasteiger partial charge is 0.497 e. The molecule has 3 rings (SSSR count). The van der Waals surface area contributed by atoms with Crippen LogP contribution in [0.25, 0.3) is 0 Å². The number of aromatic nitrogens is 1. The Morgan fingerprint density at radius 1 is 0.893 bits per heavy atom. The standard InChI is InChI=1S/C21H29N3O3S/c1-21(2,3)28(25,26)20-11-8-18(16-22-20)24-13-5-12-23(14-15-24)17-6-9-19(27-4)10-7-17/h6-11,16H,5,12-15H2,1-4H3. The molecule has 0 bridgehead atoms. The van der Waals surface area contributed by atoms with Crippen molar-refractivity contribution in [2.75, 3.05) is 43.1 Å². The molecule has 0 amide bonds. The summed E-state index contributed by atoms with van der Waals surface area (Å²) < 4.78 is 29.5. The van der Waals surface area contributed by atoms with Gasteiger partial charge in [-0.3, -0.25) is 0 Å². The van der Waals surface area contributed by atoms with Gasteiger partial charge in [0.15, 0.2) is 14.9 Å². The van der Waals surface area contributed by atoms with Gasteiger partial charge in [0.25, 0.3) is 0 Å². The van der Waals surface area contributed by atoms with Crippen molar-refractivity contribution in [3.05, 3.63) is 42.6 Å². The van der Waals surface area contributed by atoms with Crippen molar-refractivity contribution in [2.45, 2.75) is 37.0 Å². The Balaban J connectivity index is 1.70. The van der Waals surface area contributed by atoms with E-state index in [9.17, 15) is 8.42 Å². The number of sulfone groups is 1. The smallest absolute Gasteiger partial charge is 0.200 e. The second-order valence-electron chi connectivity index (χ2n) is 8.00. The molecule has 28 heavy (non-hydrogen) atoms. The minimum absolute atomic E-state index is 0.137. The van der Waals surface area contributed by atoms with Crippen molar-refractivity contribution >= 4 is 21.2 Å². The van der Waals surface area contributed by atoms with Gasteiger partial charge in [-0.1, -0.05) is 0 Å². The van der Waals surface area contributed by atoms with Crippen LogP contribution in [0.4, 0.5) is 11.4 Å². The summed E-state index contributed by atoms with van der Waals surface area (Å²) in [6, 6.07) is 11.6. The van der Waals surface area contributed by atoms with Crippen molar-refractivity contribution in [1.82, 2.24) is 4.98 Å².